The zero-order valence-electron chi connectivity index (χ0n) is 12.1. The summed E-state index contributed by atoms with van der Waals surface area (Å²) >= 11 is 0. The highest BCUT2D eigenvalue weighted by Crippen LogP contribution is 2.22. The Bertz CT molecular complexity index is 758. The molecule has 0 aliphatic heterocycles. The first-order valence-corrected chi connectivity index (χ1v) is 6.49. The molecule has 0 saturated heterocycles. The maximum Gasteiger partial charge on any atom is 0.337 e. The van der Waals surface area contributed by atoms with Crippen LogP contribution in [0.5, 0.6) is 5.75 Å². The maximum atomic E-state index is 12.0. The summed E-state index contributed by atoms with van der Waals surface area (Å²) in [6.45, 7) is 3.51. The Morgan fingerprint density at radius 3 is 2.55 bits per heavy atom. The number of allylic oxidation sites excluding steroid dienone is 1. The van der Waals surface area contributed by atoms with E-state index in [1.807, 2.05) is 0 Å². The molecule has 22 heavy (non-hydrogen) atoms. The molecule has 1 aromatic carbocycles. The van der Waals surface area contributed by atoms with Crippen molar-refractivity contribution in [3.05, 3.63) is 53.5 Å². The zero-order chi connectivity index (χ0) is 16.3. The minimum absolute atomic E-state index is 0.106. The van der Waals surface area contributed by atoms with Crippen LogP contribution >= 0.6 is 0 Å². The van der Waals surface area contributed by atoms with Gasteiger partial charge in [-0.3, -0.25) is 4.79 Å². The van der Waals surface area contributed by atoms with Crippen LogP contribution < -0.4 is 5.32 Å². The van der Waals surface area contributed by atoms with E-state index in [0.29, 0.717) is 11.3 Å². The number of rotatable bonds is 4. The normalized spacial score (nSPS) is 11.3. The van der Waals surface area contributed by atoms with Crippen molar-refractivity contribution in [1.29, 1.82) is 0 Å². The standard InChI is InChI=1S/C16H15NO5/c1-9(14-6-3-10(2)22-14)7-15(19)17-13-5-4-11(18)8-12(13)16(20)21/h3-8,18H,1-2H3,(H,17,19)(H,20,21). The number of aryl methyl sites for hydroxylation is 1. The molecule has 0 fully saturated rings. The molecule has 2 rings (SSSR count). The predicted octanol–water partition coefficient (Wildman–Crippen LogP) is 3.03. The molecule has 0 unspecified atom stereocenters. The molecular formula is C16H15NO5. The van der Waals surface area contributed by atoms with Crippen molar-refractivity contribution < 1.29 is 24.2 Å². The Balaban J connectivity index is 2.21. The van der Waals surface area contributed by atoms with Gasteiger partial charge in [0.25, 0.3) is 0 Å². The summed E-state index contributed by atoms with van der Waals surface area (Å²) in [5, 5.41) is 20.9. The third-order valence-corrected chi connectivity index (χ3v) is 2.97. The van der Waals surface area contributed by atoms with Crippen LogP contribution in [0.2, 0.25) is 0 Å². The molecule has 0 atom stereocenters. The number of furan rings is 1. The highest BCUT2D eigenvalue weighted by molar-refractivity contribution is 6.07. The third-order valence-electron chi connectivity index (χ3n) is 2.97. The second-order valence-corrected chi connectivity index (χ2v) is 4.76. The Morgan fingerprint density at radius 2 is 1.95 bits per heavy atom. The number of carbonyl (C=O) groups is 2. The van der Waals surface area contributed by atoms with Gasteiger partial charge < -0.3 is 19.9 Å². The van der Waals surface area contributed by atoms with Crippen LogP contribution in [0.3, 0.4) is 0 Å². The summed E-state index contributed by atoms with van der Waals surface area (Å²) < 4.78 is 5.40. The molecule has 1 heterocycles. The van der Waals surface area contributed by atoms with Crippen molar-refractivity contribution in [2.24, 2.45) is 0 Å². The molecule has 2 aromatic rings. The van der Waals surface area contributed by atoms with Crippen LogP contribution in [0, 0.1) is 6.92 Å². The van der Waals surface area contributed by atoms with E-state index >= 15 is 0 Å². The number of phenolic OH excluding ortho intramolecular Hbond substituents is 1. The van der Waals surface area contributed by atoms with Gasteiger partial charge in [-0.1, -0.05) is 0 Å². The second-order valence-electron chi connectivity index (χ2n) is 4.76. The van der Waals surface area contributed by atoms with Gasteiger partial charge in [0.2, 0.25) is 5.91 Å². The average molecular weight is 301 g/mol. The molecule has 0 saturated carbocycles. The van der Waals surface area contributed by atoms with Gasteiger partial charge in [0, 0.05) is 6.08 Å². The quantitative estimate of drug-likeness (QED) is 0.595. The van der Waals surface area contributed by atoms with Crippen molar-refractivity contribution in [2.75, 3.05) is 5.32 Å². The minimum atomic E-state index is -1.24. The van der Waals surface area contributed by atoms with E-state index in [4.69, 9.17) is 9.52 Å². The molecule has 1 aromatic heterocycles. The van der Waals surface area contributed by atoms with E-state index in [1.54, 1.807) is 26.0 Å². The van der Waals surface area contributed by atoms with Crippen molar-refractivity contribution in [1.82, 2.24) is 0 Å². The number of benzene rings is 1. The van der Waals surface area contributed by atoms with E-state index < -0.39 is 11.9 Å². The zero-order valence-corrected chi connectivity index (χ0v) is 12.1. The molecule has 0 aliphatic rings. The summed E-state index contributed by atoms with van der Waals surface area (Å²) in [6.07, 6.45) is 1.32. The summed E-state index contributed by atoms with van der Waals surface area (Å²) in [7, 11) is 0. The molecule has 0 spiro atoms. The van der Waals surface area contributed by atoms with Gasteiger partial charge >= 0.3 is 5.97 Å². The minimum Gasteiger partial charge on any atom is -0.508 e. The number of phenols is 1. The Labute approximate surface area is 126 Å². The third kappa shape index (κ3) is 3.54. The van der Waals surface area contributed by atoms with E-state index in [-0.39, 0.29) is 17.0 Å². The van der Waals surface area contributed by atoms with Gasteiger partial charge in [-0.05, 0) is 49.8 Å². The highest BCUT2D eigenvalue weighted by atomic mass is 16.4. The maximum absolute atomic E-state index is 12.0. The number of carboxylic acid groups (broad SMARTS) is 1. The van der Waals surface area contributed by atoms with Gasteiger partial charge in [0.05, 0.1) is 11.3 Å². The summed E-state index contributed by atoms with van der Waals surface area (Å²) in [5.74, 6) is -0.617. The van der Waals surface area contributed by atoms with Crippen LogP contribution in [0.4, 0.5) is 5.69 Å². The van der Waals surface area contributed by atoms with Crippen molar-refractivity contribution >= 4 is 23.1 Å². The number of aromatic carboxylic acids is 1. The first-order valence-electron chi connectivity index (χ1n) is 6.49. The first kappa shape index (κ1) is 15.4. The van der Waals surface area contributed by atoms with Crippen LogP contribution in [-0.2, 0) is 4.79 Å². The fraction of sp³-hybridized carbons (Fsp3) is 0.125. The highest BCUT2D eigenvalue weighted by Gasteiger charge is 2.13. The molecule has 0 aliphatic carbocycles. The van der Waals surface area contributed by atoms with Crippen molar-refractivity contribution in [3.63, 3.8) is 0 Å². The van der Waals surface area contributed by atoms with Crippen LogP contribution in [0.15, 0.2) is 40.8 Å². The number of hydrogen-bond donors (Lipinski definition) is 3. The first-order chi connectivity index (χ1) is 10.4. The number of carboxylic acids is 1. The fourth-order valence-corrected chi connectivity index (χ4v) is 1.90. The largest absolute Gasteiger partial charge is 0.508 e. The van der Waals surface area contributed by atoms with Crippen LogP contribution in [0.25, 0.3) is 5.57 Å². The topological polar surface area (TPSA) is 99.8 Å². The Kier molecular flexibility index (Phi) is 4.31. The van der Waals surface area contributed by atoms with E-state index in [1.165, 1.54) is 18.2 Å². The van der Waals surface area contributed by atoms with Gasteiger partial charge in [0.15, 0.2) is 0 Å². The monoisotopic (exact) mass is 301 g/mol. The van der Waals surface area contributed by atoms with Gasteiger partial charge in [-0.15, -0.1) is 0 Å². The molecule has 0 bridgehead atoms. The lowest BCUT2D eigenvalue weighted by atomic mass is 10.1. The molecule has 0 radical (unpaired) electrons. The lowest BCUT2D eigenvalue weighted by Crippen LogP contribution is -2.12. The summed E-state index contributed by atoms with van der Waals surface area (Å²) in [5.41, 5.74) is 0.532. The summed E-state index contributed by atoms with van der Waals surface area (Å²) in [6, 6.07) is 7.24. The van der Waals surface area contributed by atoms with Gasteiger partial charge in [-0.2, -0.15) is 0 Å². The van der Waals surface area contributed by atoms with Gasteiger partial charge in [0.1, 0.15) is 17.3 Å². The smallest absolute Gasteiger partial charge is 0.337 e. The number of amides is 1. The van der Waals surface area contributed by atoms with E-state index in [0.717, 1.165) is 11.8 Å². The lowest BCUT2D eigenvalue weighted by Gasteiger charge is -2.07. The molecule has 6 nitrogen and oxygen atoms in total. The number of nitrogens with one attached hydrogen (secondary N) is 1. The molecule has 114 valence electrons. The fourth-order valence-electron chi connectivity index (χ4n) is 1.90. The summed E-state index contributed by atoms with van der Waals surface area (Å²) in [4.78, 5) is 23.1. The second kappa shape index (κ2) is 6.17. The molecule has 6 heteroatoms. The number of hydrogen-bond acceptors (Lipinski definition) is 4. The number of carbonyl (C=O) groups excluding carboxylic acids is 1. The van der Waals surface area contributed by atoms with Crippen molar-refractivity contribution in [2.45, 2.75) is 13.8 Å². The SMILES string of the molecule is CC(=CC(=O)Nc1ccc(O)cc1C(=O)O)c1ccc(C)o1. The lowest BCUT2D eigenvalue weighted by molar-refractivity contribution is -0.111. The average Bonchev–Trinajstić information content (AvgIpc) is 2.87. The number of anilines is 1. The molecule has 1 amide bonds. The molecular weight excluding hydrogens is 286 g/mol. The molecule has 3 N–H and O–H groups in total. The Morgan fingerprint density at radius 1 is 1.23 bits per heavy atom. The van der Waals surface area contributed by atoms with Gasteiger partial charge in [-0.25, -0.2) is 4.79 Å². The predicted molar refractivity (Wildman–Crippen MR) is 80.8 cm³/mol. The van der Waals surface area contributed by atoms with Crippen LogP contribution in [-0.4, -0.2) is 22.1 Å². The number of aromatic hydroxyl groups is 1. The van der Waals surface area contributed by atoms with Crippen molar-refractivity contribution in [3.8, 4) is 5.75 Å². The Hall–Kier alpha value is -3.02. The van der Waals surface area contributed by atoms with E-state index in [9.17, 15) is 14.7 Å². The van der Waals surface area contributed by atoms with E-state index in [2.05, 4.69) is 5.32 Å². The van der Waals surface area contributed by atoms with Crippen LogP contribution in [0.1, 0.15) is 28.8 Å².